The van der Waals surface area contributed by atoms with E-state index in [0.29, 0.717) is 12.0 Å². The number of fused-ring (bicyclic) bond motifs is 4. The van der Waals surface area contributed by atoms with Crippen molar-refractivity contribution < 1.29 is 23.4 Å². The van der Waals surface area contributed by atoms with Gasteiger partial charge in [0.25, 0.3) is 0 Å². The summed E-state index contributed by atoms with van der Waals surface area (Å²) in [6.07, 6.45) is 1.02. The van der Waals surface area contributed by atoms with Gasteiger partial charge in [-0.15, -0.1) is 0 Å². The van der Waals surface area contributed by atoms with E-state index in [1.165, 1.54) is 22.3 Å². The number of hydrogen-bond donors (Lipinski definition) is 0. The summed E-state index contributed by atoms with van der Waals surface area (Å²) in [5, 5.41) is 0. The van der Waals surface area contributed by atoms with Crippen LogP contribution in [0.5, 0.6) is 23.0 Å². The van der Waals surface area contributed by atoms with Gasteiger partial charge in [0.15, 0.2) is 23.0 Å². The molecule has 0 radical (unpaired) electrons. The van der Waals surface area contributed by atoms with E-state index in [9.17, 15) is 0 Å². The number of nitrogens with zero attached hydrogens (tertiary/aromatic N) is 1. The van der Waals surface area contributed by atoms with Gasteiger partial charge < -0.3 is 23.4 Å². The van der Waals surface area contributed by atoms with E-state index in [-0.39, 0.29) is 0 Å². The van der Waals surface area contributed by atoms with E-state index < -0.39 is 0 Å². The van der Waals surface area contributed by atoms with E-state index >= 15 is 0 Å². The van der Waals surface area contributed by atoms with Crippen LogP contribution in [0.2, 0.25) is 0 Å². The molecule has 0 aliphatic carbocycles. The third-order valence-corrected chi connectivity index (χ3v) is 6.70. The first-order valence-corrected chi connectivity index (χ1v) is 9.80. The lowest BCUT2D eigenvalue weighted by atomic mass is 9.75. The number of ether oxygens (including phenoxy) is 4. The van der Waals surface area contributed by atoms with Crippen molar-refractivity contribution >= 4 is 0 Å². The Balaban J connectivity index is 1.88. The van der Waals surface area contributed by atoms with E-state index in [1.807, 2.05) is 6.07 Å². The maximum absolute atomic E-state index is 5.77. The highest BCUT2D eigenvalue weighted by Crippen LogP contribution is 2.53. The van der Waals surface area contributed by atoms with Crippen molar-refractivity contribution in [2.45, 2.75) is 31.8 Å². The van der Waals surface area contributed by atoms with Crippen LogP contribution in [0.1, 0.15) is 41.1 Å². The standard InChI is InChI=1S/C23H30NO4/c1-14-16-7-8-19(25-3)23(28-6)18(16)13-24(2)10-9-15-11-20(26-4)21(27-5)12-17(15)22(14)24/h7-8,11-12,14,22H,9-10,13H2,1-6H3/q+1/t14-,22+,24-/m1/s1. The summed E-state index contributed by atoms with van der Waals surface area (Å²) in [4.78, 5) is 0. The zero-order chi connectivity index (χ0) is 20.1. The van der Waals surface area contributed by atoms with Gasteiger partial charge in [-0.25, -0.2) is 0 Å². The number of likely N-dealkylation sites (N-methyl/N-ethyl adjacent to an activating group) is 1. The average molecular weight is 384 g/mol. The van der Waals surface area contributed by atoms with Crippen molar-refractivity contribution in [2.24, 2.45) is 0 Å². The molecule has 2 heterocycles. The molecule has 0 saturated heterocycles. The molecule has 0 bridgehead atoms. The molecule has 5 nitrogen and oxygen atoms in total. The highest BCUT2D eigenvalue weighted by atomic mass is 16.5. The van der Waals surface area contributed by atoms with Gasteiger partial charge in [0.1, 0.15) is 12.6 Å². The van der Waals surface area contributed by atoms with E-state index in [1.54, 1.807) is 28.4 Å². The van der Waals surface area contributed by atoms with Crippen LogP contribution in [0.4, 0.5) is 0 Å². The third kappa shape index (κ3) is 2.64. The monoisotopic (exact) mass is 384 g/mol. The van der Waals surface area contributed by atoms with Gasteiger partial charge in [-0.05, 0) is 29.3 Å². The Labute approximate surface area is 167 Å². The molecule has 28 heavy (non-hydrogen) atoms. The summed E-state index contributed by atoms with van der Waals surface area (Å²) in [6.45, 7) is 4.34. The SMILES string of the molecule is COc1cc2c(cc1OC)[C@@H]1[C@H](C)c3ccc(OC)c(OC)c3C[N@@+]1(C)CC2. The molecule has 3 atom stereocenters. The maximum atomic E-state index is 5.77. The van der Waals surface area contributed by atoms with Crippen molar-refractivity contribution in [2.75, 3.05) is 42.0 Å². The van der Waals surface area contributed by atoms with Gasteiger partial charge in [-0.3, -0.25) is 0 Å². The van der Waals surface area contributed by atoms with E-state index in [4.69, 9.17) is 18.9 Å². The van der Waals surface area contributed by atoms with Crippen molar-refractivity contribution in [3.8, 4) is 23.0 Å². The fourth-order valence-electron chi connectivity index (χ4n) is 5.39. The van der Waals surface area contributed by atoms with E-state index in [2.05, 4.69) is 32.2 Å². The minimum absolute atomic E-state index is 0.353. The van der Waals surface area contributed by atoms with Crippen LogP contribution in [0.3, 0.4) is 0 Å². The van der Waals surface area contributed by atoms with Gasteiger partial charge in [-0.1, -0.05) is 13.0 Å². The van der Waals surface area contributed by atoms with Gasteiger partial charge >= 0.3 is 0 Å². The molecule has 0 unspecified atom stereocenters. The fourth-order valence-corrected chi connectivity index (χ4v) is 5.39. The predicted octanol–water partition coefficient (Wildman–Crippen LogP) is 4.08. The molecule has 150 valence electrons. The minimum Gasteiger partial charge on any atom is -0.493 e. The summed E-state index contributed by atoms with van der Waals surface area (Å²) in [6, 6.07) is 8.96. The highest BCUT2D eigenvalue weighted by Gasteiger charge is 2.48. The molecule has 5 heteroatoms. The summed E-state index contributed by atoms with van der Waals surface area (Å²) >= 11 is 0. The minimum atomic E-state index is 0.353. The van der Waals surface area contributed by atoms with Crippen LogP contribution in [-0.4, -0.2) is 46.5 Å². The Hall–Kier alpha value is -2.40. The summed E-state index contributed by atoms with van der Waals surface area (Å²) in [5.41, 5.74) is 5.37. The molecule has 0 amide bonds. The molecule has 4 rings (SSSR count). The van der Waals surface area contributed by atoms with Crippen molar-refractivity contribution in [3.05, 3.63) is 46.5 Å². The van der Waals surface area contributed by atoms with Crippen molar-refractivity contribution in [1.82, 2.24) is 0 Å². The second-order valence-corrected chi connectivity index (χ2v) is 8.12. The molecule has 0 fully saturated rings. The van der Waals surface area contributed by atoms with Crippen LogP contribution in [0, 0.1) is 0 Å². The molecule has 2 aromatic carbocycles. The normalized spacial score (nSPS) is 25.2. The van der Waals surface area contributed by atoms with Gasteiger partial charge in [0.2, 0.25) is 0 Å². The molecule has 2 aromatic rings. The number of methoxy groups -OCH3 is 4. The second kappa shape index (κ2) is 6.89. The summed E-state index contributed by atoms with van der Waals surface area (Å²) in [5.74, 6) is 3.66. The smallest absolute Gasteiger partial charge is 0.169 e. The zero-order valence-corrected chi connectivity index (χ0v) is 17.7. The Bertz CT molecular complexity index is 910. The Kier molecular flexibility index (Phi) is 4.66. The van der Waals surface area contributed by atoms with Crippen LogP contribution >= 0.6 is 0 Å². The lowest BCUT2D eigenvalue weighted by molar-refractivity contribution is -0.957. The van der Waals surface area contributed by atoms with Crippen LogP contribution in [-0.2, 0) is 13.0 Å². The first-order chi connectivity index (χ1) is 13.5. The number of rotatable bonds is 4. The molecular formula is C23H30NO4+. The molecule has 0 spiro atoms. The van der Waals surface area contributed by atoms with Gasteiger partial charge in [-0.2, -0.15) is 0 Å². The highest BCUT2D eigenvalue weighted by molar-refractivity contribution is 5.55. The number of benzene rings is 2. The molecule has 2 aliphatic rings. The molecular weight excluding hydrogens is 354 g/mol. The lowest BCUT2D eigenvalue weighted by Gasteiger charge is -2.51. The quantitative estimate of drug-likeness (QED) is 0.745. The molecule has 0 aromatic heterocycles. The molecule has 0 saturated carbocycles. The van der Waals surface area contributed by atoms with Crippen molar-refractivity contribution in [3.63, 3.8) is 0 Å². The second-order valence-electron chi connectivity index (χ2n) is 8.12. The lowest BCUT2D eigenvalue weighted by Crippen LogP contribution is -2.54. The predicted molar refractivity (Wildman–Crippen MR) is 109 cm³/mol. The molecule has 2 aliphatic heterocycles. The summed E-state index contributed by atoms with van der Waals surface area (Å²) < 4.78 is 23.4. The molecule has 0 N–H and O–H groups in total. The topological polar surface area (TPSA) is 36.9 Å². The Morgan fingerprint density at radius 1 is 0.857 bits per heavy atom. The first-order valence-electron chi connectivity index (χ1n) is 9.80. The van der Waals surface area contributed by atoms with Crippen molar-refractivity contribution in [1.29, 1.82) is 0 Å². The fraction of sp³-hybridized carbons (Fsp3) is 0.478. The number of quaternary nitrogens is 1. The summed E-state index contributed by atoms with van der Waals surface area (Å²) in [7, 11) is 9.21. The van der Waals surface area contributed by atoms with Crippen LogP contribution in [0.15, 0.2) is 24.3 Å². The van der Waals surface area contributed by atoms with Gasteiger partial charge in [0, 0.05) is 17.9 Å². The first kappa shape index (κ1) is 18.9. The average Bonchev–Trinajstić information content (AvgIpc) is 2.71. The Morgan fingerprint density at radius 3 is 2.18 bits per heavy atom. The van der Waals surface area contributed by atoms with E-state index in [0.717, 1.165) is 47.0 Å². The third-order valence-electron chi connectivity index (χ3n) is 6.70. The van der Waals surface area contributed by atoms with Gasteiger partial charge in [0.05, 0.1) is 47.6 Å². The number of hydrogen-bond acceptors (Lipinski definition) is 4. The largest absolute Gasteiger partial charge is 0.493 e. The zero-order valence-electron chi connectivity index (χ0n) is 17.7. The van der Waals surface area contributed by atoms with Crippen LogP contribution in [0.25, 0.3) is 0 Å². The Morgan fingerprint density at radius 2 is 1.54 bits per heavy atom. The van der Waals surface area contributed by atoms with Crippen LogP contribution < -0.4 is 18.9 Å². The maximum Gasteiger partial charge on any atom is 0.169 e.